The first kappa shape index (κ1) is 22.3. The zero-order valence-corrected chi connectivity index (χ0v) is 18.7. The molecule has 2 N–H and O–H groups in total. The SMILES string of the molecule is CCNC(=NCC1(CC(C)C)CCCC1)NCCc1cnn(C)c1.I. The highest BCUT2D eigenvalue weighted by Gasteiger charge is 2.34. The summed E-state index contributed by atoms with van der Waals surface area (Å²) in [6.07, 6.45) is 11.7. The molecule has 0 radical (unpaired) electrons. The van der Waals surface area contributed by atoms with Crippen LogP contribution in [-0.4, -0.2) is 35.4 Å². The van der Waals surface area contributed by atoms with E-state index in [-0.39, 0.29) is 24.0 Å². The molecule has 0 unspecified atom stereocenters. The number of rotatable bonds is 8. The fraction of sp³-hybridized carbons (Fsp3) is 0.789. The van der Waals surface area contributed by atoms with Gasteiger partial charge in [0, 0.05) is 32.9 Å². The Hall–Kier alpha value is -0.790. The van der Waals surface area contributed by atoms with Crippen molar-refractivity contribution in [2.45, 2.75) is 59.3 Å². The average molecular weight is 461 g/mol. The van der Waals surface area contributed by atoms with Crippen molar-refractivity contribution < 1.29 is 0 Å². The third kappa shape index (κ3) is 7.54. The monoisotopic (exact) mass is 461 g/mol. The van der Waals surface area contributed by atoms with Gasteiger partial charge in [0.15, 0.2) is 5.96 Å². The van der Waals surface area contributed by atoms with E-state index in [0.29, 0.717) is 5.41 Å². The maximum absolute atomic E-state index is 4.93. The quantitative estimate of drug-likeness (QED) is 0.352. The number of aromatic nitrogens is 2. The zero-order chi connectivity index (χ0) is 17.4. The van der Waals surface area contributed by atoms with E-state index in [9.17, 15) is 0 Å². The van der Waals surface area contributed by atoms with Gasteiger partial charge >= 0.3 is 0 Å². The Morgan fingerprint density at radius 2 is 2.04 bits per heavy atom. The van der Waals surface area contributed by atoms with Gasteiger partial charge in [-0.15, -0.1) is 24.0 Å². The summed E-state index contributed by atoms with van der Waals surface area (Å²) in [6.45, 7) is 9.53. The van der Waals surface area contributed by atoms with Crippen LogP contribution in [0, 0.1) is 11.3 Å². The summed E-state index contributed by atoms with van der Waals surface area (Å²) in [4.78, 5) is 4.93. The van der Waals surface area contributed by atoms with Crippen molar-refractivity contribution in [1.82, 2.24) is 20.4 Å². The fourth-order valence-corrected chi connectivity index (χ4v) is 3.93. The molecule has 1 aliphatic rings. The lowest BCUT2D eigenvalue weighted by Gasteiger charge is -2.29. The summed E-state index contributed by atoms with van der Waals surface area (Å²) in [7, 11) is 1.96. The van der Waals surface area contributed by atoms with Crippen molar-refractivity contribution in [2.24, 2.45) is 23.4 Å². The van der Waals surface area contributed by atoms with E-state index in [1.54, 1.807) is 0 Å². The van der Waals surface area contributed by atoms with Gasteiger partial charge in [0.1, 0.15) is 0 Å². The number of halogens is 1. The number of hydrogen-bond donors (Lipinski definition) is 2. The minimum atomic E-state index is 0. The van der Waals surface area contributed by atoms with E-state index < -0.39 is 0 Å². The molecule has 0 bridgehead atoms. The molecule has 0 amide bonds. The molecule has 0 atom stereocenters. The molecule has 1 heterocycles. The average Bonchev–Trinajstić information content (AvgIpc) is 3.14. The van der Waals surface area contributed by atoms with E-state index in [1.165, 1.54) is 37.7 Å². The molecular weight excluding hydrogens is 425 g/mol. The Kier molecular flexibility index (Phi) is 9.82. The van der Waals surface area contributed by atoms with Gasteiger partial charge in [0.05, 0.1) is 6.20 Å². The van der Waals surface area contributed by atoms with Gasteiger partial charge in [-0.05, 0) is 49.5 Å². The van der Waals surface area contributed by atoms with Crippen molar-refractivity contribution in [3.63, 3.8) is 0 Å². The first-order valence-corrected chi connectivity index (χ1v) is 9.53. The maximum atomic E-state index is 4.93. The minimum absolute atomic E-state index is 0. The molecule has 2 rings (SSSR count). The van der Waals surface area contributed by atoms with E-state index in [2.05, 4.69) is 42.7 Å². The van der Waals surface area contributed by atoms with Gasteiger partial charge < -0.3 is 10.6 Å². The van der Waals surface area contributed by atoms with Gasteiger partial charge in [-0.3, -0.25) is 9.67 Å². The van der Waals surface area contributed by atoms with Crippen molar-refractivity contribution in [1.29, 1.82) is 0 Å². The van der Waals surface area contributed by atoms with Crippen LogP contribution in [0.3, 0.4) is 0 Å². The van der Waals surface area contributed by atoms with Crippen molar-refractivity contribution in [2.75, 3.05) is 19.6 Å². The second-order valence-electron chi connectivity index (χ2n) is 7.70. The summed E-state index contributed by atoms with van der Waals surface area (Å²) in [5.74, 6) is 1.70. The van der Waals surface area contributed by atoms with E-state index in [1.807, 2.05) is 17.9 Å². The molecule has 0 aliphatic heterocycles. The first-order valence-electron chi connectivity index (χ1n) is 9.53. The molecule has 1 aliphatic carbocycles. The largest absolute Gasteiger partial charge is 0.357 e. The predicted molar refractivity (Wildman–Crippen MR) is 117 cm³/mol. The Morgan fingerprint density at radius 1 is 1.32 bits per heavy atom. The van der Waals surface area contributed by atoms with Crippen LogP contribution in [0.1, 0.15) is 58.4 Å². The van der Waals surface area contributed by atoms with Crippen LogP contribution in [0.5, 0.6) is 0 Å². The fourth-order valence-electron chi connectivity index (χ4n) is 3.93. The predicted octanol–water partition coefficient (Wildman–Crippen LogP) is 3.74. The third-order valence-corrected chi connectivity index (χ3v) is 4.89. The second kappa shape index (κ2) is 11.0. The minimum Gasteiger partial charge on any atom is -0.357 e. The van der Waals surface area contributed by atoms with Crippen molar-refractivity contribution in [3.8, 4) is 0 Å². The smallest absolute Gasteiger partial charge is 0.191 e. The summed E-state index contributed by atoms with van der Waals surface area (Å²) in [5, 5.41) is 11.1. The van der Waals surface area contributed by atoms with E-state index >= 15 is 0 Å². The highest BCUT2D eigenvalue weighted by atomic mass is 127. The van der Waals surface area contributed by atoms with Gasteiger partial charge in [0.2, 0.25) is 0 Å². The maximum Gasteiger partial charge on any atom is 0.191 e. The third-order valence-electron chi connectivity index (χ3n) is 4.89. The van der Waals surface area contributed by atoms with E-state index in [4.69, 9.17) is 4.99 Å². The highest BCUT2D eigenvalue weighted by Crippen LogP contribution is 2.43. The lowest BCUT2D eigenvalue weighted by atomic mass is 9.78. The number of aryl methyl sites for hydroxylation is 1. The topological polar surface area (TPSA) is 54.2 Å². The van der Waals surface area contributed by atoms with Gasteiger partial charge in [-0.25, -0.2) is 0 Å². The molecule has 0 saturated heterocycles. The van der Waals surface area contributed by atoms with Gasteiger partial charge in [-0.1, -0.05) is 26.7 Å². The van der Waals surface area contributed by atoms with Crippen LogP contribution >= 0.6 is 24.0 Å². The number of guanidine groups is 1. The summed E-state index contributed by atoms with van der Waals surface area (Å²) in [5.41, 5.74) is 1.69. The molecule has 0 spiro atoms. The lowest BCUT2D eigenvalue weighted by molar-refractivity contribution is 0.245. The Balaban J connectivity index is 0.00000312. The second-order valence-corrected chi connectivity index (χ2v) is 7.70. The normalized spacial score (nSPS) is 16.8. The Labute approximate surface area is 170 Å². The van der Waals surface area contributed by atoms with Gasteiger partial charge in [-0.2, -0.15) is 5.10 Å². The van der Waals surface area contributed by atoms with Crippen LogP contribution < -0.4 is 10.6 Å². The number of hydrogen-bond acceptors (Lipinski definition) is 2. The number of aliphatic imine (C=N–C) groups is 1. The van der Waals surface area contributed by atoms with Crippen LogP contribution in [-0.2, 0) is 13.5 Å². The summed E-state index contributed by atoms with van der Waals surface area (Å²) in [6, 6.07) is 0. The zero-order valence-electron chi connectivity index (χ0n) is 16.3. The number of nitrogens with one attached hydrogen (secondary N) is 2. The molecule has 1 aromatic rings. The molecule has 25 heavy (non-hydrogen) atoms. The molecule has 1 aromatic heterocycles. The standard InChI is InChI=1S/C19H35N5.HI/c1-5-20-18(21-11-8-17-13-23-24(4)14-17)22-15-19(12-16(2)3)9-6-7-10-19;/h13-14,16H,5-12,15H2,1-4H3,(H2,20,21,22);1H. The highest BCUT2D eigenvalue weighted by molar-refractivity contribution is 14.0. The van der Waals surface area contributed by atoms with Crippen molar-refractivity contribution in [3.05, 3.63) is 18.0 Å². The molecule has 1 saturated carbocycles. The van der Waals surface area contributed by atoms with Crippen LogP contribution in [0.15, 0.2) is 17.4 Å². The Morgan fingerprint density at radius 3 is 2.60 bits per heavy atom. The van der Waals surface area contributed by atoms with Crippen molar-refractivity contribution >= 4 is 29.9 Å². The van der Waals surface area contributed by atoms with E-state index in [0.717, 1.165) is 37.9 Å². The first-order chi connectivity index (χ1) is 11.5. The molecule has 1 fully saturated rings. The van der Waals surface area contributed by atoms with Crippen LogP contribution in [0.4, 0.5) is 0 Å². The van der Waals surface area contributed by atoms with Crippen LogP contribution in [0.2, 0.25) is 0 Å². The molecule has 0 aromatic carbocycles. The molecule has 5 nitrogen and oxygen atoms in total. The lowest BCUT2D eigenvalue weighted by Crippen LogP contribution is -2.39. The molecule has 6 heteroatoms. The van der Waals surface area contributed by atoms with Gasteiger partial charge in [0.25, 0.3) is 0 Å². The number of nitrogens with zero attached hydrogens (tertiary/aromatic N) is 3. The summed E-state index contributed by atoms with van der Waals surface area (Å²) < 4.78 is 1.85. The molecule has 144 valence electrons. The van der Waals surface area contributed by atoms with Crippen LogP contribution in [0.25, 0.3) is 0 Å². The summed E-state index contributed by atoms with van der Waals surface area (Å²) >= 11 is 0. The Bertz CT molecular complexity index is 518. The molecular formula is C19H36IN5.